The molecule has 1 aliphatic heterocycles. The third-order valence-corrected chi connectivity index (χ3v) is 5.66. The second kappa shape index (κ2) is 10.1. The van der Waals surface area contributed by atoms with E-state index in [4.69, 9.17) is 0 Å². The van der Waals surface area contributed by atoms with Gasteiger partial charge in [0, 0.05) is 24.1 Å². The Morgan fingerprint density at radius 2 is 1.86 bits per heavy atom. The number of hydrogen-bond acceptors (Lipinski definition) is 7. The highest BCUT2D eigenvalue weighted by Crippen LogP contribution is 2.27. The van der Waals surface area contributed by atoms with E-state index < -0.39 is 24.2 Å². The van der Waals surface area contributed by atoms with Gasteiger partial charge in [-0.3, -0.25) is 4.79 Å². The summed E-state index contributed by atoms with van der Waals surface area (Å²) < 4.78 is 38.0. The van der Waals surface area contributed by atoms with Crippen molar-refractivity contribution in [3.8, 4) is 0 Å². The molecule has 0 atom stereocenters. The highest BCUT2D eigenvalue weighted by atomic mass is 19.4. The molecule has 0 unspecified atom stereocenters. The minimum Gasteiger partial charge on any atom is -0.386 e. The van der Waals surface area contributed by atoms with Crippen molar-refractivity contribution in [2.75, 3.05) is 23.7 Å². The summed E-state index contributed by atoms with van der Waals surface area (Å²) in [4.78, 5) is 21.1. The molecule has 0 saturated heterocycles. The number of anilines is 4. The first kappa shape index (κ1) is 25.4. The summed E-state index contributed by atoms with van der Waals surface area (Å²) in [5, 5.41) is 21.6. The monoisotopic (exact) mass is 500 g/mol. The van der Waals surface area contributed by atoms with Gasteiger partial charge in [0.15, 0.2) is 0 Å². The Bertz CT molecular complexity index is 1260. The molecule has 0 spiro atoms. The molecule has 0 radical (unpaired) electrons. The van der Waals surface area contributed by atoms with Gasteiger partial charge in [-0.2, -0.15) is 18.2 Å². The van der Waals surface area contributed by atoms with Crippen molar-refractivity contribution in [1.29, 1.82) is 0 Å². The lowest BCUT2D eigenvalue weighted by atomic mass is 9.98. The van der Waals surface area contributed by atoms with Crippen LogP contribution >= 0.6 is 0 Å². The van der Waals surface area contributed by atoms with E-state index in [0.29, 0.717) is 11.3 Å². The van der Waals surface area contributed by atoms with Crippen molar-refractivity contribution in [3.05, 3.63) is 70.9 Å². The average molecular weight is 501 g/mol. The van der Waals surface area contributed by atoms with Crippen molar-refractivity contribution in [1.82, 2.24) is 20.6 Å². The van der Waals surface area contributed by atoms with Gasteiger partial charge in [0.25, 0.3) is 5.91 Å². The molecule has 2 heterocycles. The van der Waals surface area contributed by atoms with E-state index >= 15 is 0 Å². The number of carbonyl (C=O) groups excluding carboxylic acids is 1. The Balaban J connectivity index is 1.64. The number of benzene rings is 2. The molecular formula is C25H27F3N6O2. The van der Waals surface area contributed by atoms with E-state index in [0.717, 1.165) is 30.8 Å². The van der Waals surface area contributed by atoms with Crippen LogP contribution in [0.3, 0.4) is 0 Å². The van der Waals surface area contributed by atoms with Crippen LogP contribution in [0.1, 0.15) is 40.9 Å². The number of alkyl halides is 3. The first-order valence-electron chi connectivity index (χ1n) is 11.4. The summed E-state index contributed by atoms with van der Waals surface area (Å²) >= 11 is 0. The minimum absolute atomic E-state index is 0.0136. The van der Waals surface area contributed by atoms with E-state index in [1.54, 1.807) is 38.1 Å². The van der Waals surface area contributed by atoms with E-state index in [-0.39, 0.29) is 17.3 Å². The summed E-state index contributed by atoms with van der Waals surface area (Å²) in [6.45, 7) is 3.44. The Labute approximate surface area is 206 Å². The smallest absolute Gasteiger partial charge is 0.386 e. The van der Waals surface area contributed by atoms with Crippen LogP contribution in [0.25, 0.3) is 0 Å². The highest BCUT2D eigenvalue weighted by molar-refractivity contribution is 5.99. The van der Waals surface area contributed by atoms with Crippen molar-refractivity contribution < 1.29 is 23.1 Å². The molecule has 4 rings (SSSR count). The number of carbonyl (C=O) groups is 1. The second-order valence-electron chi connectivity index (χ2n) is 9.05. The first-order chi connectivity index (χ1) is 17.0. The fourth-order valence-corrected chi connectivity index (χ4v) is 3.78. The molecule has 11 heteroatoms. The van der Waals surface area contributed by atoms with Gasteiger partial charge in [-0.25, -0.2) is 4.98 Å². The molecule has 0 bridgehead atoms. The molecular weight excluding hydrogens is 473 g/mol. The number of aromatic nitrogens is 2. The summed E-state index contributed by atoms with van der Waals surface area (Å²) in [7, 11) is 0. The van der Waals surface area contributed by atoms with Gasteiger partial charge in [0.1, 0.15) is 17.9 Å². The maximum absolute atomic E-state index is 12.7. The Kier molecular flexibility index (Phi) is 7.14. The number of hydrogen-bond donors (Lipinski definition) is 5. The van der Waals surface area contributed by atoms with Gasteiger partial charge >= 0.3 is 6.18 Å². The summed E-state index contributed by atoms with van der Waals surface area (Å²) in [6, 6.07) is 12.7. The maximum atomic E-state index is 12.7. The standard InChI is InChI=1S/C25H27F3N6O2/c1-24(2,36)17-4-3-5-18(11-17)32-21-20(22(35)31-14-25(26,27)28)13-30-23(34-21)33-19-7-6-15-8-9-29-12-16(15)10-19/h3-7,10-11,13,29,36H,8-9,12,14H2,1-2H3,(H,31,35)(H2,30,32,33,34). The SMILES string of the molecule is CC(C)(O)c1cccc(Nc2nc(Nc3ccc4c(c3)CNCC4)ncc2C(=O)NCC(F)(F)F)c1. The number of aliphatic hydroxyl groups is 1. The summed E-state index contributed by atoms with van der Waals surface area (Å²) in [5.41, 5.74) is 2.95. The molecule has 0 saturated carbocycles. The lowest BCUT2D eigenvalue weighted by Gasteiger charge is -2.20. The zero-order valence-corrected chi connectivity index (χ0v) is 19.8. The van der Waals surface area contributed by atoms with Crippen molar-refractivity contribution in [2.24, 2.45) is 0 Å². The van der Waals surface area contributed by atoms with Crippen molar-refractivity contribution in [3.63, 3.8) is 0 Å². The topological polar surface area (TPSA) is 111 Å². The van der Waals surface area contributed by atoms with Crippen LogP contribution in [0, 0.1) is 0 Å². The summed E-state index contributed by atoms with van der Waals surface area (Å²) in [5.74, 6) is -0.799. The molecule has 190 valence electrons. The lowest BCUT2D eigenvalue weighted by molar-refractivity contribution is -0.123. The van der Waals surface area contributed by atoms with Crippen LogP contribution in [-0.4, -0.2) is 40.2 Å². The quantitative estimate of drug-likeness (QED) is 0.332. The molecule has 1 amide bonds. The predicted molar refractivity (Wildman–Crippen MR) is 131 cm³/mol. The molecule has 1 aliphatic rings. The van der Waals surface area contributed by atoms with Crippen molar-refractivity contribution in [2.45, 2.75) is 38.6 Å². The van der Waals surface area contributed by atoms with Gasteiger partial charge in [-0.05, 0) is 67.8 Å². The molecule has 36 heavy (non-hydrogen) atoms. The van der Waals surface area contributed by atoms with Crippen LogP contribution in [0.2, 0.25) is 0 Å². The predicted octanol–water partition coefficient (Wildman–Crippen LogP) is 4.13. The number of rotatable bonds is 7. The first-order valence-corrected chi connectivity index (χ1v) is 11.4. The van der Waals surface area contributed by atoms with Crippen LogP contribution in [0.15, 0.2) is 48.7 Å². The Morgan fingerprint density at radius 3 is 2.61 bits per heavy atom. The van der Waals surface area contributed by atoms with E-state index in [2.05, 4.69) is 25.9 Å². The van der Waals surface area contributed by atoms with Crippen LogP contribution in [-0.2, 0) is 18.6 Å². The zero-order valence-electron chi connectivity index (χ0n) is 19.8. The summed E-state index contributed by atoms with van der Waals surface area (Å²) in [6.07, 6.45) is -2.46. The lowest BCUT2D eigenvalue weighted by Crippen LogP contribution is -2.34. The van der Waals surface area contributed by atoms with Crippen LogP contribution < -0.4 is 21.3 Å². The molecule has 0 aliphatic carbocycles. The second-order valence-corrected chi connectivity index (χ2v) is 9.05. The van der Waals surface area contributed by atoms with E-state index in [9.17, 15) is 23.1 Å². The van der Waals surface area contributed by atoms with Crippen molar-refractivity contribution >= 4 is 29.0 Å². The fourth-order valence-electron chi connectivity index (χ4n) is 3.78. The van der Waals surface area contributed by atoms with Crippen LogP contribution in [0.5, 0.6) is 0 Å². The van der Waals surface area contributed by atoms with E-state index in [1.807, 2.05) is 23.5 Å². The normalized spacial score (nSPS) is 13.6. The van der Waals surface area contributed by atoms with Gasteiger partial charge in [0.2, 0.25) is 5.95 Å². The fraction of sp³-hybridized carbons (Fsp3) is 0.320. The number of amides is 1. The maximum Gasteiger partial charge on any atom is 0.405 e. The van der Waals surface area contributed by atoms with E-state index in [1.165, 1.54) is 11.8 Å². The number of fused-ring (bicyclic) bond motifs is 1. The molecule has 2 aromatic carbocycles. The Morgan fingerprint density at radius 1 is 1.08 bits per heavy atom. The number of nitrogens with zero attached hydrogens (tertiary/aromatic N) is 2. The van der Waals surface area contributed by atoms with Crippen LogP contribution in [0.4, 0.5) is 36.3 Å². The number of halogens is 3. The van der Waals surface area contributed by atoms with Gasteiger partial charge in [-0.1, -0.05) is 18.2 Å². The van der Waals surface area contributed by atoms with Gasteiger partial charge < -0.3 is 26.4 Å². The average Bonchev–Trinajstić information content (AvgIpc) is 2.82. The minimum atomic E-state index is -4.56. The third-order valence-electron chi connectivity index (χ3n) is 5.66. The van der Waals surface area contributed by atoms with Gasteiger partial charge in [0.05, 0.1) is 5.60 Å². The number of nitrogens with one attached hydrogen (secondary N) is 4. The van der Waals surface area contributed by atoms with Gasteiger partial charge in [-0.15, -0.1) is 0 Å². The zero-order chi connectivity index (χ0) is 25.9. The molecule has 1 aromatic heterocycles. The molecule has 0 fully saturated rings. The molecule has 3 aromatic rings. The third kappa shape index (κ3) is 6.49. The largest absolute Gasteiger partial charge is 0.405 e. The molecule has 5 N–H and O–H groups in total. The molecule has 8 nitrogen and oxygen atoms in total. The Hall–Kier alpha value is -3.70. The highest BCUT2D eigenvalue weighted by Gasteiger charge is 2.29.